The normalized spacial score (nSPS) is 18.7. The quantitative estimate of drug-likeness (QED) is 0.0659. The third kappa shape index (κ3) is 10.1. The second-order valence-electron chi connectivity index (χ2n) is 18.1. The number of piperidine rings is 2. The van der Waals surface area contributed by atoms with Gasteiger partial charge < -0.3 is 29.1 Å². The Hall–Kier alpha value is -3.67. The molecule has 0 saturated carbocycles. The predicted octanol–water partition coefficient (Wildman–Crippen LogP) is 7.12. The van der Waals surface area contributed by atoms with E-state index in [1.54, 1.807) is 61.8 Å². The Kier molecular flexibility index (Phi) is 14.5. The molecule has 57 heavy (non-hydrogen) atoms. The van der Waals surface area contributed by atoms with Crippen molar-refractivity contribution in [2.24, 2.45) is 0 Å². The van der Waals surface area contributed by atoms with E-state index in [9.17, 15) is 19.5 Å². The fourth-order valence-electron chi connectivity index (χ4n) is 9.42. The average molecular weight is 937 g/mol. The number of aryl methyl sites for hydroxylation is 4. The van der Waals surface area contributed by atoms with Crippen LogP contribution >= 0.6 is 0 Å². The third-order valence-corrected chi connectivity index (χ3v) is 11.0. The Morgan fingerprint density at radius 2 is 1.07 bits per heavy atom. The molecule has 2 aromatic carbocycles. The molecule has 1 N–H and O–H groups in total. The summed E-state index contributed by atoms with van der Waals surface area (Å²) in [6, 6.07) is 9.47. The van der Waals surface area contributed by atoms with Crippen LogP contribution < -0.4 is 0 Å². The molecule has 2 heterocycles. The van der Waals surface area contributed by atoms with E-state index in [-0.39, 0.29) is 86.5 Å². The van der Waals surface area contributed by atoms with Gasteiger partial charge in [0.2, 0.25) is 11.8 Å². The number of hydrogen-bond acceptors (Lipinski definition) is 9. The van der Waals surface area contributed by atoms with Crippen LogP contribution in [0.1, 0.15) is 119 Å². The third-order valence-electron chi connectivity index (χ3n) is 11.0. The van der Waals surface area contributed by atoms with Gasteiger partial charge in [0.05, 0.1) is 0 Å². The molecule has 0 atom stereocenters. The van der Waals surface area contributed by atoms with Crippen LogP contribution in [0.15, 0.2) is 49.6 Å². The fraction of sp³-hybridized carbons (Fsp3) is 0.533. The van der Waals surface area contributed by atoms with Crippen LogP contribution in [-0.2, 0) is 39.8 Å². The van der Waals surface area contributed by atoms with E-state index in [1.807, 2.05) is 55.4 Å². The second kappa shape index (κ2) is 17.3. The molecule has 1 radical (unpaired) electrons. The molecule has 0 spiro atoms. The number of likely N-dealkylation sites (tertiary alicyclic amines) is 2. The van der Waals surface area contributed by atoms with Crippen LogP contribution in [0.5, 0.6) is 5.75 Å². The van der Waals surface area contributed by atoms with E-state index in [0.717, 1.165) is 0 Å². The van der Waals surface area contributed by atoms with Gasteiger partial charge in [-0.05, 0) is 104 Å². The van der Waals surface area contributed by atoms with Crippen molar-refractivity contribution in [2.75, 3.05) is 0 Å². The molecule has 2 aliphatic rings. The van der Waals surface area contributed by atoms with Gasteiger partial charge in [-0.15, -0.1) is 0 Å². The summed E-state index contributed by atoms with van der Waals surface area (Å²) in [5, 5.41) is 10.6. The SMILES string of the molecule is C=CC(=O)N1C(C)(C)CC(OC(=O)C(Cc2cc(C)c(O)c(C)c2)(OC(=O)c2cc(C)[c-]c(C)c2)C(=O)OC2CC(C)(C)N(C(=O)C=C)C(C)(C)C2)CC1(C)C.[Ho]. The monoisotopic (exact) mass is 936 g/mol. The van der Waals surface area contributed by atoms with Gasteiger partial charge in [0, 0.05) is 92.0 Å². The number of benzene rings is 2. The molecule has 2 amide bonds. The number of hydrogen-bond donors (Lipinski definition) is 1. The van der Waals surface area contributed by atoms with Crippen molar-refractivity contribution < 1.29 is 81.0 Å². The van der Waals surface area contributed by atoms with Crippen LogP contribution in [0.4, 0.5) is 0 Å². The van der Waals surface area contributed by atoms with E-state index in [1.165, 1.54) is 12.2 Å². The summed E-state index contributed by atoms with van der Waals surface area (Å²) in [7, 11) is 0. The first kappa shape index (κ1) is 47.7. The molecule has 4 rings (SSSR count). The molecular weight excluding hydrogens is 877 g/mol. The summed E-state index contributed by atoms with van der Waals surface area (Å²) < 4.78 is 18.8. The number of nitrogens with zero attached hydrogens (tertiary/aromatic N) is 2. The van der Waals surface area contributed by atoms with E-state index >= 15 is 9.59 Å². The smallest absolute Gasteiger partial charge is 0.363 e. The molecule has 12 heteroatoms. The van der Waals surface area contributed by atoms with E-state index in [4.69, 9.17) is 14.2 Å². The maximum Gasteiger partial charge on any atom is 0.363 e. The number of esters is 3. The number of ether oxygens (including phenoxy) is 3. The molecule has 0 aromatic heterocycles. The molecule has 0 aliphatic carbocycles. The van der Waals surface area contributed by atoms with Crippen molar-refractivity contribution in [1.29, 1.82) is 0 Å². The maximum absolute atomic E-state index is 15.1. The fourth-order valence-corrected chi connectivity index (χ4v) is 9.42. The predicted molar refractivity (Wildman–Crippen MR) is 213 cm³/mol. The molecule has 315 valence electrons. The van der Waals surface area contributed by atoms with E-state index in [2.05, 4.69) is 19.2 Å². The van der Waals surface area contributed by atoms with Gasteiger partial charge in [-0.25, -0.2) is 14.4 Å². The first-order chi connectivity index (χ1) is 25.7. The van der Waals surface area contributed by atoms with Gasteiger partial charge >= 0.3 is 23.5 Å². The molecule has 0 bridgehead atoms. The zero-order valence-electron chi connectivity index (χ0n) is 35.5. The van der Waals surface area contributed by atoms with Gasteiger partial charge in [0.1, 0.15) is 18.0 Å². The Balaban J connectivity index is 0.00000870. The summed E-state index contributed by atoms with van der Waals surface area (Å²) in [5.74, 6) is -3.71. The minimum Gasteiger partial charge on any atom is -0.507 e. The molecule has 2 aliphatic heterocycles. The number of carbonyl (C=O) groups is 5. The summed E-state index contributed by atoms with van der Waals surface area (Å²) >= 11 is 0. The van der Waals surface area contributed by atoms with Gasteiger partial charge in [0.15, 0.2) is 0 Å². The number of carbonyl (C=O) groups excluding carboxylic acids is 5. The van der Waals surface area contributed by atoms with Crippen molar-refractivity contribution in [3.63, 3.8) is 0 Å². The van der Waals surface area contributed by atoms with Crippen LogP contribution in [0.25, 0.3) is 0 Å². The molecule has 2 saturated heterocycles. The molecule has 2 aromatic rings. The number of phenols is 1. The number of amides is 2. The summed E-state index contributed by atoms with van der Waals surface area (Å²) in [5.41, 5.74) is -3.10. The first-order valence-corrected chi connectivity index (χ1v) is 19.1. The van der Waals surface area contributed by atoms with Gasteiger partial charge in [-0.1, -0.05) is 39.1 Å². The van der Waals surface area contributed by atoms with Gasteiger partial charge in [0.25, 0.3) is 0 Å². The molecule has 0 unspecified atom stereocenters. The van der Waals surface area contributed by atoms with Crippen LogP contribution in [0.2, 0.25) is 0 Å². The largest absolute Gasteiger partial charge is 0.507 e. The number of rotatable bonds is 10. The standard InChI is InChI=1S/C45H59N2O9.Ho/c1-15-35(48)46-41(7,8)23-33(24-42(46,9)10)54-39(52)45(22-31-20-29(5)37(50)30(6)21-31,56-38(51)32-18-27(3)17-28(4)19-32)40(53)55-34-25-43(11,12)47(36(49)16-2)44(13,14)26-34;/h15-16,18-21,33-34,50H,1-2,22-26H2,3-14H3;/q-1;. The second-order valence-corrected chi connectivity index (χ2v) is 18.1. The Labute approximate surface area is 368 Å². The first-order valence-electron chi connectivity index (χ1n) is 19.1. The minimum absolute atomic E-state index is 0. The molecule has 11 nitrogen and oxygen atoms in total. The minimum atomic E-state index is -2.67. The number of phenolic OH excluding ortho intramolecular Hbond substituents is 1. The summed E-state index contributed by atoms with van der Waals surface area (Å²) in [4.78, 5) is 73.9. The Morgan fingerprint density at radius 3 is 1.40 bits per heavy atom. The van der Waals surface area contributed by atoms with E-state index < -0.39 is 64.3 Å². The zero-order chi connectivity index (χ0) is 42.3. The Morgan fingerprint density at radius 1 is 0.719 bits per heavy atom. The topological polar surface area (TPSA) is 140 Å². The van der Waals surface area contributed by atoms with Crippen molar-refractivity contribution in [3.8, 4) is 5.75 Å². The summed E-state index contributed by atoms with van der Waals surface area (Å²) in [6.07, 6.45) is 1.26. The molecular formula is C45H59HoN2O9-. The van der Waals surface area contributed by atoms with E-state index in [0.29, 0.717) is 27.8 Å². The zero-order valence-corrected chi connectivity index (χ0v) is 37.4. The van der Waals surface area contributed by atoms with Crippen molar-refractivity contribution in [3.05, 3.63) is 89.0 Å². The van der Waals surface area contributed by atoms with Gasteiger partial charge in [-0.3, -0.25) is 9.59 Å². The molecule has 2 fully saturated rings. The average Bonchev–Trinajstić information content (AvgIpc) is 3.03. The van der Waals surface area contributed by atoms with Crippen LogP contribution in [0, 0.1) is 71.5 Å². The Bertz CT molecular complexity index is 1790. The van der Waals surface area contributed by atoms with Crippen molar-refractivity contribution in [1.82, 2.24) is 9.80 Å². The summed E-state index contributed by atoms with van der Waals surface area (Å²) in [6.45, 7) is 29.2. The van der Waals surface area contributed by atoms with Crippen molar-refractivity contribution in [2.45, 2.75) is 155 Å². The number of aromatic hydroxyl groups is 1. The van der Waals surface area contributed by atoms with Crippen molar-refractivity contribution >= 4 is 29.7 Å². The maximum atomic E-state index is 15.1. The van der Waals surface area contributed by atoms with Crippen LogP contribution in [0.3, 0.4) is 0 Å². The van der Waals surface area contributed by atoms with Crippen LogP contribution in [-0.4, -0.2) is 84.6 Å². The van der Waals surface area contributed by atoms with Gasteiger partial charge in [-0.2, -0.15) is 29.3 Å².